The predicted molar refractivity (Wildman–Crippen MR) is 209 cm³/mol. The molecule has 9 rings (SSSR count). The minimum Gasteiger partial charge on any atom is -0.294 e. The Hall–Kier alpha value is -6.17. The molecule has 0 aliphatic carbocycles. The maximum Gasteiger partial charge on any atom is 0.137 e. The number of aryl methyl sites for hydroxylation is 1. The van der Waals surface area contributed by atoms with Gasteiger partial charge in [-0.15, -0.1) is 4.94 Å². The third-order valence-electron chi connectivity index (χ3n) is 9.99. The van der Waals surface area contributed by atoms with Gasteiger partial charge >= 0.3 is 0 Å². The smallest absolute Gasteiger partial charge is 0.137 e. The molecule has 3 heterocycles. The Bertz CT molecular complexity index is 2600. The molecule has 0 bridgehead atoms. The lowest BCUT2D eigenvalue weighted by Crippen LogP contribution is -2.32. The number of pyridine rings is 1. The number of benzene rings is 6. The molecule has 1 aliphatic heterocycles. The van der Waals surface area contributed by atoms with Crippen LogP contribution in [-0.2, 0) is 10.4 Å². The zero-order chi connectivity index (χ0) is 37.0. The molecule has 0 amide bonds. The lowest BCUT2D eigenvalue weighted by Gasteiger charge is -2.37. The fourth-order valence-corrected chi connectivity index (χ4v) is 7.79. The van der Waals surface area contributed by atoms with Gasteiger partial charge in [0, 0.05) is 21.1 Å². The Labute approximate surface area is 302 Å². The first-order chi connectivity index (χ1) is 26.2. The molecule has 6 aromatic carbocycles. The van der Waals surface area contributed by atoms with Crippen LogP contribution >= 0.6 is 0 Å². The maximum atomic E-state index is 8.16. The van der Waals surface area contributed by atoms with Crippen LogP contribution in [0.5, 0.6) is 0 Å². The highest BCUT2D eigenvalue weighted by atomic mass is 16.8. The van der Waals surface area contributed by atoms with Gasteiger partial charge in [0.2, 0.25) is 0 Å². The summed E-state index contributed by atoms with van der Waals surface area (Å²) < 4.78 is 26.6. The van der Waals surface area contributed by atoms with Gasteiger partial charge in [0.1, 0.15) is 5.82 Å². The minimum absolute atomic E-state index is 0.125. The molecule has 0 saturated heterocycles. The molecule has 0 saturated carbocycles. The van der Waals surface area contributed by atoms with Crippen LogP contribution in [0, 0.1) is 6.85 Å². The summed E-state index contributed by atoms with van der Waals surface area (Å²) in [6.07, 6.45) is 1.59. The average Bonchev–Trinajstić information content (AvgIpc) is 3.76. The highest BCUT2D eigenvalue weighted by Crippen LogP contribution is 2.49. The minimum atomic E-state index is -2.27. The SMILES string of the molecule is [2H]C([2H])([2H])c1ccnc(-n2c3ccccc3c3ccc(C(c4ccccc4)(c4ccccc4)c4cccc(N5ON(C(C)C)c6ccccc65)c4)cc32)c1. The molecule has 5 heteroatoms. The highest BCUT2D eigenvalue weighted by molar-refractivity contribution is 6.09. The Morgan fingerprint density at radius 3 is 1.98 bits per heavy atom. The summed E-state index contributed by atoms with van der Waals surface area (Å²) in [6.45, 7) is 1.97. The number of rotatable bonds is 7. The van der Waals surface area contributed by atoms with Crippen molar-refractivity contribution in [2.45, 2.75) is 32.2 Å². The molecule has 2 aromatic heterocycles. The topological polar surface area (TPSA) is 33.5 Å². The van der Waals surface area contributed by atoms with Crippen molar-refractivity contribution < 1.29 is 9.05 Å². The van der Waals surface area contributed by atoms with Gasteiger partial charge in [0.15, 0.2) is 0 Å². The molecule has 0 atom stereocenters. The molecule has 1 aliphatic rings. The van der Waals surface area contributed by atoms with Crippen molar-refractivity contribution in [1.29, 1.82) is 0 Å². The summed E-state index contributed by atoms with van der Waals surface area (Å²) in [7, 11) is 0. The van der Waals surface area contributed by atoms with Crippen molar-refractivity contribution in [3.8, 4) is 5.82 Å². The van der Waals surface area contributed by atoms with E-state index in [1.165, 1.54) is 0 Å². The van der Waals surface area contributed by atoms with E-state index < -0.39 is 12.3 Å². The molecule has 0 spiro atoms. The Morgan fingerprint density at radius 2 is 1.24 bits per heavy atom. The van der Waals surface area contributed by atoms with Crippen LogP contribution in [-0.4, -0.2) is 15.6 Å². The fourth-order valence-electron chi connectivity index (χ4n) is 7.79. The van der Waals surface area contributed by atoms with E-state index in [2.05, 4.69) is 146 Å². The zero-order valence-corrected chi connectivity index (χ0v) is 28.4. The monoisotopic (exact) mass is 665 g/mol. The van der Waals surface area contributed by atoms with Gasteiger partial charge in [0.25, 0.3) is 0 Å². The van der Waals surface area contributed by atoms with Gasteiger partial charge in [0.05, 0.1) is 39.6 Å². The Kier molecular flexibility index (Phi) is 6.67. The van der Waals surface area contributed by atoms with E-state index in [1.54, 1.807) is 18.3 Å². The zero-order valence-electron chi connectivity index (χ0n) is 31.4. The second-order valence-corrected chi connectivity index (χ2v) is 13.3. The molecule has 8 aromatic rings. The normalized spacial score (nSPS) is 14.1. The van der Waals surface area contributed by atoms with Crippen molar-refractivity contribution in [1.82, 2.24) is 9.55 Å². The first kappa shape index (κ1) is 27.6. The van der Waals surface area contributed by atoms with Crippen molar-refractivity contribution in [3.63, 3.8) is 0 Å². The van der Waals surface area contributed by atoms with E-state index in [0.717, 1.165) is 61.1 Å². The molecule has 248 valence electrons. The second kappa shape index (κ2) is 12.3. The number of hydrogen-bond acceptors (Lipinski definition) is 4. The summed E-state index contributed by atoms with van der Waals surface area (Å²) in [5.74, 6) is 0.554. The summed E-state index contributed by atoms with van der Waals surface area (Å²) in [4.78, 5) is 11.3. The van der Waals surface area contributed by atoms with E-state index in [-0.39, 0.29) is 11.6 Å². The van der Waals surface area contributed by atoms with E-state index in [1.807, 2.05) is 34.4 Å². The van der Waals surface area contributed by atoms with Gasteiger partial charge in [-0.05, 0) is 97.0 Å². The van der Waals surface area contributed by atoms with E-state index >= 15 is 0 Å². The largest absolute Gasteiger partial charge is 0.294 e. The third kappa shape index (κ3) is 4.92. The first-order valence-electron chi connectivity index (χ1n) is 18.8. The van der Waals surface area contributed by atoms with Crippen LogP contribution in [0.3, 0.4) is 0 Å². The quantitative estimate of drug-likeness (QED) is 0.159. The van der Waals surface area contributed by atoms with Crippen molar-refractivity contribution >= 4 is 38.9 Å². The van der Waals surface area contributed by atoms with Crippen LogP contribution in [0.2, 0.25) is 0 Å². The first-order valence-corrected chi connectivity index (χ1v) is 17.3. The van der Waals surface area contributed by atoms with Gasteiger partial charge in [-0.3, -0.25) is 4.57 Å². The maximum absolute atomic E-state index is 8.16. The molecular weight excluding hydrogens is 625 g/mol. The Balaban J connectivity index is 1.33. The Morgan fingerprint density at radius 1 is 0.588 bits per heavy atom. The van der Waals surface area contributed by atoms with Crippen molar-refractivity contribution in [2.24, 2.45) is 0 Å². The van der Waals surface area contributed by atoms with Crippen LogP contribution in [0.4, 0.5) is 17.1 Å². The summed E-state index contributed by atoms with van der Waals surface area (Å²) >= 11 is 0. The number of hydrogen-bond donors (Lipinski definition) is 0. The van der Waals surface area contributed by atoms with Gasteiger partial charge < -0.3 is 0 Å². The van der Waals surface area contributed by atoms with E-state index in [0.29, 0.717) is 5.82 Å². The summed E-state index contributed by atoms with van der Waals surface area (Å²) in [5.41, 5.74) is 8.56. The average molecular weight is 666 g/mol. The summed E-state index contributed by atoms with van der Waals surface area (Å²) in [6, 6.07) is 56.5. The highest BCUT2D eigenvalue weighted by Gasteiger charge is 2.40. The number of para-hydroxylation sites is 3. The number of nitrogens with zero attached hydrogens (tertiary/aromatic N) is 4. The fraction of sp³-hybridized carbons (Fsp3) is 0.109. The second-order valence-electron chi connectivity index (χ2n) is 13.3. The summed E-state index contributed by atoms with van der Waals surface area (Å²) in [5, 5.41) is 5.98. The molecular formula is C46H38N4O. The van der Waals surface area contributed by atoms with E-state index in [4.69, 9.17) is 14.0 Å². The van der Waals surface area contributed by atoms with Crippen LogP contribution in [0.15, 0.2) is 170 Å². The van der Waals surface area contributed by atoms with Crippen LogP contribution in [0.25, 0.3) is 27.6 Å². The van der Waals surface area contributed by atoms with Crippen LogP contribution < -0.4 is 10.1 Å². The number of fused-ring (bicyclic) bond motifs is 4. The number of aromatic nitrogens is 2. The van der Waals surface area contributed by atoms with E-state index in [9.17, 15) is 0 Å². The molecule has 0 fully saturated rings. The van der Waals surface area contributed by atoms with Crippen molar-refractivity contribution in [2.75, 3.05) is 10.1 Å². The molecule has 0 radical (unpaired) electrons. The van der Waals surface area contributed by atoms with Crippen molar-refractivity contribution in [3.05, 3.63) is 198 Å². The van der Waals surface area contributed by atoms with Gasteiger partial charge in [-0.2, -0.15) is 5.06 Å². The molecule has 0 N–H and O–H groups in total. The van der Waals surface area contributed by atoms with Gasteiger partial charge in [-0.25, -0.2) is 10.0 Å². The van der Waals surface area contributed by atoms with Gasteiger partial charge in [-0.1, -0.05) is 115 Å². The predicted octanol–water partition coefficient (Wildman–Crippen LogP) is 11.1. The molecule has 5 nitrogen and oxygen atoms in total. The lowest BCUT2D eigenvalue weighted by molar-refractivity contribution is 0.112. The van der Waals surface area contributed by atoms with Crippen LogP contribution in [0.1, 0.15) is 45.8 Å². The lowest BCUT2D eigenvalue weighted by atomic mass is 9.65. The standard InChI is InChI=1S/C46H38N4O/c1-32(2)49-42-23-12-13-24-43(42)50(51-49)38-20-14-19-36(30-38)46(34-15-6-4-7-16-34,35-17-8-5-9-18-35)37-25-26-40-39-21-10-11-22-41(39)48(44(40)31-37)45-29-33(3)27-28-47-45/h4-32H,1-3H3/i3D3. The molecule has 51 heavy (non-hydrogen) atoms. The molecule has 0 unspecified atom stereocenters. The third-order valence-corrected chi connectivity index (χ3v) is 9.99. The number of anilines is 3. The number of hydroxylamine groups is 1.